The average molecular weight is 460 g/mol. The van der Waals surface area contributed by atoms with E-state index in [2.05, 4.69) is 21.2 Å². The standard InChI is InChI=1S/C18H14BrCl2FN2O2/c1-24(10-16(25)23-18-13(20)3-2-4-14(18)21)17(26)8-5-11-9-12(19)6-7-15(11)22/h2-9H,10H2,1H3,(H,23,25)/b8-5+. The van der Waals surface area contributed by atoms with Crippen LogP contribution in [0.3, 0.4) is 0 Å². The summed E-state index contributed by atoms with van der Waals surface area (Å²) in [4.78, 5) is 25.4. The summed E-state index contributed by atoms with van der Waals surface area (Å²) in [6.07, 6.45) is 2.54. The maximum absolute atomic E-state index is 13.7. The summed E-state index contributed by atoms with van der Waals surface area (Å²) >= 11 is 15.2. The number of hydrogen-bond donors (Lipinski definition) is 1. The molecule has 2 amide bonds. The van der Waals surface area contributed by atoms with Gasteiger partial charge in [-0.1, -0.05) is 45.2 Å². The first kappa shape index (κ1) is 20.4. The van der Waals surface area contributed by atoms with Gasteiger partial charge in [0.2, 0.25) is 11.8 Å². The Hall–Kier alpha value is -1.89. The maximum Gasteiger partial charge on any atom is 0.246 e. The zero-order chi connectivity index (χ0) is 19.3. The second kappa shape index (κ2) is 9.16. The van der Waals surface area contributed by atoms with Gasteiger partial charge in [0.15, 0.2) is 0 Å². The van der Waals surface area contributed by atoms with Crippen LogP contribution in [-0.2, 0) is 9.59 Å². The first-order valence-corrected chi connectivity index (χ1v) is 8.95. The molecule has 136 valence electrons. The van der Waals surface area contributed by atoms with Gasteiger partial charge in [-0.25, -0.2) is 4.39 Å². The molecule has 2 aromatic carbocycles. The monoisotopic (exact) mass is 458 g/mol. The Kier molecular flexibility index (Phi) is 7.20. The highest BCUT2D eigenvalue weighted by Gasteiger charge is 2.14. The minimum atomic E-state index is -0.460. The Balaban J connectivity index is 1.99. The zero-order valence-electron chi connectivity index (χ0n) is 13.6. The van der Waals surface area contributed by atoms with Crippen molar-refractivity contribution in [3.8, 4) is 0 Å². The summed E-state index contributed by atoms with van der Waals surface area (Å²) in [6.45, 7) is -0.217. The number of nitrogens with zero attached hydrogens (tertiary/aromatic N) is 1. The van der Waals surface area contributed by atoms with Gasteiger partial charge in [-0.3, -0.25) is 9.59 Å². The first-order valence-electron chi connectivity index (χ1n) is 7.40. The number of para-hydroxylation sites is 1. The third kappa shape index (κ3) is 5.56. The summed E-state index contributed by atoms with van der Waals surface area (Å²) < 4.78 is 14.4. The summed E-state index contributed by atoms with van der Waals surface area (Å²) in [5.74, 6) is -1.37. The second-order valence-corrected chi connectivity index (χ2v) is 7.07. The molecular formula is C18H14BrCl2FN2O2. The highest BCUT2D eigenvalue weighted by atomic mass is 79.9. The van der Waals surface area contributed by atoms with Crippen molar-refractivity contribution in [3.05, 3.63) is 68.4 Å². The number of rotatable bonds is 5. The SMILES string of the molecule is CN(CC(=O)Nc1c(Cl)cccc1Cl)C(=O)/C=C/c1cc(Br)ccc1F. The van der Waals surface area contributed by atoms with Crippen LogP contribution in [0.15, 0.2) is 46.9 Å². The minimum absolute atomic E-state index is 0.217. The van der Waals surface area contributed by atoms with Gasteiger partial charge in [-0.15, -0.1) is 0 Å². The number of carbonyl (C=O) groups is 2. The number of amides is 2. The molecule has 0 bridgehead atoms. The molecule has 0 fully saturated rings. The number of hydrogen-bond acceptors (Lipinski definition) is 2. The minimum Gasteiger partial charge on any atom is -0.333 e. The highest BCUT2D eigenvalue weighted by molar-refractivity contribution is 9.10. The molecule has 26 heavy (non-hydrogen) atoms. The molecule has 0 unspecified atom stereocenters. The van der Waals surface area contributed by atoms with Crippen molar-refractivity contribution in [3.63, 3.8) is 0 Å². The van der Waals surface area contributed by atoms with Gasteiger partial charge in [0, 0.05) is 23.2 Å². The predicted octanol–water partition coefficient (Wildman–Crippen LogP) is 5.01. The quantitative estimate of drug-likeness (QED) is 0.639. The van der Waals surface area contributed by atoms with E-state index in [1.165, 1.54) is 30.2 Å². The topological polar surface area (TPSA) is 49.4 Å². The molecule has 0 aromatic heterocycles. The Morgan fingerprint density at radius 3 is 2.54 bits per heavy atom. The van der Waals surface area contributed by atoms with E-state index < -0.39 is 17.6 Å². The van der Waals surface area contributed by atoms with Crippen molar-refractivity contribution in [1.82, 2.24) is 4.90 Å². The van der Waals surface area contributed by atoms with Crippen LogP contribution in [0.2, 0.25) is 10.0 Å². The Bertz CT molecular complexity index is 854. The van der Waals surface area contributed by atoms with Gasteiger partial charge in [-0.05, 0) is 36.4 Å². The van der Waals surface area contributed by atoms with E-state index in [1.54, 1.807) is 30.3 Å². The Morgan fingerprint density at radius 2 is 1.88 bits per heavy atom. The molecular weight excluding hydrogens is 446 g/mol. The average Bonchev–Trinajstić information content (AvgIpc) is 2.58. The fourth-order valence-electron chi connectivity index (χ4n) is 2.02. The number of nitrogens with one attached hydrogen (secondary N) is 1. The van der Waals surface area contributed by atoms with Crippen LogP contribution in [0.25, 0.3) is 6.08 Å². The van der Waals surface area contributed by atoms with Crippen LogP contribution in [0, 0.1) is 5.82 Å². The lowest BCUT2D eigenvalue weighted by molar-refractivity contribution is -0.129. The van der Waals surface area contributed by atoms with Crippen molar-refractivity contribution in [2.24, 2.45) is 0 Å². The summed E-state index contributed by atoms with van der Waals surface area (Å²) in [5, 5.41) is 3.16. The zero-order valence-corrected chi connectivity index (χ0v) is 16.7. The highest BCUT2D eigenvalue weighted by Crippen LogP contribution is 2.29. The molecule has 0 aliphatic rings. The van der Waals surface area contributed by atoms with Crippen molar-refractivity contribution in [1.29, 1.82) is 0 Å². The lowest BCUT2D eigenvalue weighted by Crippen LogP contribution is -2.34. The molecule has 0 saturated carbocycles. The summed E-state index contributed by atoms with van der Waals surface area (Å²) in [5.41, 5.74) is 0.543. The van der Waals surface area contributed by atoms with Gasteiger partial charge in [0.1, 0.15) is 5.82 Å². The number of likely N-dealkylation sites (N-methyl/N-ethyl adjacent to an activating group) is 1. The van der Waals surface area contributed by atoms with Crippen LogP contribution in [0.4, 0.5) is 10.1 Å². The molecule has 2 aromatic rings. The molecule has 1 N–H and O–H groups in total. The lowest BCUT2D eigenvalue weighted by atomic mass is 10.2. The lowest BCUT2D eigenvalue weighted by Gasteiger charge is -2.16. The van der Waals surface area contributed by atoms with Crippen molar-refractivity contribution in [2.45, 2.75) is 0 Å². The number of carbonyl (C=O) groups excluding carboxylic acids is 2. The Morgan fingerprint density at radius 1 is 1.23 bits per heavy atom. The molecule has 0 spiro atoms. The molecule has 0 aliphatic carbocycles. The summed E-state index contributed by atoms with van der Waals surface area (Å²) in [7, 11) is 1.46. The number of benzene rings is 2. The fourth-order valence-corrected chi connectivity index (χ4v) is 2.89. The second-order valence-electron chi connectivity index (χ2n) is 5.34. The van der Waals surface area contributed by atoms with E-state index in [1.807, 2.05) is 0 Å². The van der Waals surface area contributed by atoms with Crippen LogP contribution >= 0.6 is 39.1 Å². The molecule has 0 aliphatic heterocycles. The van der Waals surface area contributed by atoms with Crippen molar-refractivity contribution >= 4 is 62.7 Å². The third-order valence-electron chi connectivity index (χ3n) is 3.35. The largest absolute Gasteiger partial charge is 0.333 e. The number of anilines is 1. The van der Waals surface area contributed by atoms with E-state index in [0.29, 0.717) is 14.5 Å². The van der Waals surface area contributed by atoms with Gasteiger partial charge in [-0.2, -0.15) is 0 Å². The molecule has 0 radical (unpaired) electrons. The van der Waals surface area contributed by atoms with Gasteiger partial charge < -0.3 is 10.2 Å². The molecule has 0 atom stereocenters. The smallest absolute Gasteiger partial charge is 0.246 e. The summed E-state index contributed by atoms with van der Waals surface area (Å²) in [6, 6.07) is 9.23. The number of halogens is 4. The normalized spacial score (nSPS) is 10.8. The van der Waals surface area contributed by atoms with Crippen molar-refractivity contribution in [2.75, 3.05) is 18.9 Å². The van der Waals surface area contributed by atoms with Crippen LogP contribution in [0.1, 0.15) is 5.56 Å². The predicted molar refractivity (Wildman–Crippen MR) is 106 cm³/mol. The van der Waals surface area contributed by atoms with Crippen LogP contribution in [0.5, 0.6) is 0 Å². The van der Waals surface area contributed by atoms with Crippen LogP contribution < -0.4 is 5.32 Å². The third-order valence-corrected chi connectivity index (χ3v) is 4.47. The van der Waals surface area contributed by atoms with Crippen LogP contribution in [-0.4, -0.2) is 30.3 Å². The van der Waals surface area contributed by atoms with Gasteiger partial charge >= 0.3 is 0 Å². The fraction of sp³-hybridized carbons (Fsp3) is 0.111. The van der Waals surface area contributed by atoms with Gasteiger partial charge in [0.25, 0.3) is 0 Å². The van der Waals surface area contributed by atoms with E-state index in [9.17, 15) is 14.0 Å². The van der Waals surface area contributed by atoms with E-state index >= 15 is 0 Å². The van der Waals surface area contributed by atoms with Gasteiger partial charge in [0.05, 0.1) is 22.3 Å². The molecule has 0 saturated heterocycles. The molecule has 4 nitrogen and oxygen atoms in total. The Labute approximate surface area is 168 Å². The molecule has 0 heterocycles. The van der Waals surface area contributed by atoms with Crippen molar-refractivity contribution < 1.29 is 14.0 Å². The molecule has 2 rings (SSSR count). The van der Waals surface area contributed by atoms with E-state index in [0.717, 1.165) is 0 Å². The van der Waals surface area contributed by atoms with E-state index in [4.69, 9.17) is 23.2 Å². The first-order chi connectivity index (χ1) is 12.3. The van der Waals surface area contributed by atoms with E-state index in [-0.39, 0.29) is 17.8 Å². The molecule has 8 heteroatoms. The maximum atomic E-state index is 13.7.